The van der Waals surface area contributed by atoms with Crippen LogP contribution in [0.25, 0.3) is 0 Å². The third-order valence-corrected chi connectivity index (χ3v) is 6.54. The molecule has 3 heterocycles. The van der Waals surface area contributed by atoms with E-state index in [4.69, 9.17) is 11.6 Å². The molecule has 1 aromatic heterocycles. The molecule has 0 radical (unpaired) electrons. The van der Waals surface area contributed by atoms with Gasteiger partial charge in [-0.05, 0) is 50.6 Å². The number of anilines is 1. The summed E-state index contributed by atoms with van der Waals surface area (Å²) >= 11 is 6.14. The lowest BCUT2D eigenvalue weighted by Gasteiger charge is -2.41. The van der Waals surface area contributed by atoms with Crippen molar-refractivity contribution in [2.24, 2.45) is 0 Å². The molecule has 4 rings (SSSR count). The number of piperazine rings is 1. The molecule has 1 N–H and O–H groups in total. The Kier molecular flexibility index (Phi) is 6.20. The Bertz CT molecular complexity index is 1060. The fourth-order valence-electron chi connectivity index (χ4n) is 4.64. The van der Waals surface area contributed by atoms with Gasteiger partial charge in [0.15, 0.2) is 5.78 Å². The van der Waals surface area contributed by atoms with E-state index in [1.165, 1.54) is 0 Å². The first kappa shape index (κ1) is 22.3. The minimum absolute atomic E-state index is 0.0245. The Balaban J connectivity index is 1.44. The van der Waals surface area contributed by atoms with Gasteiger partial charge in [0, 0.05) is 48.5 Å². The van der Waals surface area contributed by atoms with E-state index >= 15 is 0 Å². The van der Waals surface area contributed by atoms with Crippen LogP contribution in [0.4, 0.5) is 5.69 Å². The smallest absolute Gasteiger partial charge is 0.228 e. The molecule has 2 fully saturated rings. The van der Waals surface area contributed by atoms with Crippen LogP contribution in [-0.4, -0.2) is 53.2 Å². The van der Waals surface area contributed by atoms with Crippen molar-refractivity contribution < 1.29 is 14.4 Å². The van der Waals surface area contributed by atoms with E-state index in [0.717, 1.165) is 11.4 Å². The molecule has 7 nitrogen and oxygen atoms in total. The van der Waals surface area contributed by atoms with Crippen molar-refractivity contribution in [2.75, 3.05) is 24.5 Å². The van der Waals surface area contributed by atoms with E-state index in [-0.39, 0.29) is 42.9 Å². The van der Waals surface area contributed by atoms with Gasteiger partial charge in [0.05, 0.1) is 12.1 Å². The fourth-order valence-corrected chi connectivity index (χ4v) is 4.83. The van der Waals surface area contributed by atoms with Gasteiger partial charge in [-0.2, -0.15) is 0 Å². The average molecular weight is 455 g/mol. The molecule has 2 aromatic rings. The first-order valence-electron chi connectivity index (χ1n) is 10.9. The summed E-state index contributed by atoms with van der Waals surface area (Å²) in [5.74, 6) is -0.578. The number of nitrogens with one attached hydrogen (secondary N) is 1. The second-order valence-electron chi connectivity index (χ2n) is 8.58. The van der Waals surface area contributed by atoms with Crippen LogP contribution in [-0.2, 0) is 19.9 Å². The molecule has 2 amide bonds. The van der Waals surface area contributed by atoms with Crippen molar-refractivity contribution in [2.45, 2.75) is 44.7 Å². The molecule has 32 heavy (non-hydrogen) atoms. The number of pyridine rings is 1. The summed E-state index contributed by atoms with van der Waals surface area (Å²) < 4.78 is 0. The minimum Gasteiger partial charge on any atom is -0.365 e. The lowest BCUT2D eigenvalue weighted by Crippen LogP contribution is -2.54. The molecule has 0 bridgehead atoms. The highest BCUT2D eigenvalue weighted by atomic mass is 35.5. The number of hydrogen-bond acceptors (Lipinski definition) is 5. The fraction of sp³-hybridized carbons (Fsp3) is 0.417. The van der Waals surface area contributed by atoms with E-state index in [1.807, 2.05) is 48.2 Å². The highest BCUT2D eigenvalue weighted by Crippen LogP contribution is 2.33. The molecular formula is C24H27ClN4O3. The summed E-state index contributed by atoms with van der Waals surface area (Å²) in [5, 5.41) is 3.51. The number of nitrogens with zero attached hydrogens (tertiary/aromatic N) is 3. The van der Waals surface area contributed by atoms with Gasteiger partial charge in [-0.15, -0.1) is 0 Å². The summed E-state index contributed by atoms with van der Waals surface area (Å²) in [5.41, 5.74) is 1.07. The number of carbonyl (C=O) groups is 3. The Labute approximate surface area is 192 Å². The predicted octanol–water partition coefficient (Wildman–Crippen LogP) is 2.85. The zero-order valence-electron chi connectivity index (χ0n) is 18.3. The van der Waals surface area contributed by atoms with Crippen LogP contribution in [0.2, 0.25) is 5.02 Å². The monoisotopic (exact) mass is 454 g/mol. The van der Waals surface area contributed by atoms with Gasteiger partial charge >= 0.3 is 0 Å². The van der Waals surface area contributed by atoms with Crippen molar-refractivity contribution >= 4 is 34.9 Å². The second kappa shape index (κ2) is 8.90. The Hall–Kier alpha value is -2.93. The topological polar surface area (TPSA) is 82.6 Å². The maximum Gasteiger partial charge on any atom is 0.228 e. The molecule has 0 saturated carbocycles. The first-order valence-corrected chi connectivity index (χ1v) is 11.2. The van der Waals surface area contributed by atoms with Crippen molar-refractivity contribution in [3.8, 4) is 0 Å². The van der Waals surface area contributed by atoms with Gasteiger partial charge in [-0.25, -0.2) is 0 Å². The van der Waals surface area contributed by atoms with Crippen molar-refractivity contribution in [3.05, 3.63) is 58.9 Å². The number of rotatable bonds is 5. The van der Waals surface area contributed by atoms with Gasteiger partial charge in [0.1, 0.15) is 5.54 Å². The number of Topliss-reactive ketones (excluding diaryl/α,β-unsaturated/α-hetero) is 1. The molecule has 8 heteroatoms. The zero-order chi connectivity index (χ0) is 22.9. The highest BCUT2D eigenvalue weighted by molar-refractivity contribution is 6.30. The Morgan fingerprint density at radius 3 is 2.66 bits per heavy atom. The van der Waals surface area contributed by atoms with Crippen LogP contribution >= 0.6 is 11.6 Å². The van der Waals surface area contributed by atoms with Crippen LogP contribution in [0.1, 0.15) is 37.6 Å². The van der Waals surface area contributed by atoms with Crippen molar-refractivity contribution in [3.63, 3.8) is 0 Å². The number of hydrogen-bond donors (Lipinski definition) is 1. The van der Waals surface area contributed by atoms with Crippen molar-refractivity contribution in [1.29, 1.82) is 0 Å². The SMILES string of the molecule is Cc1cccc(C2(CCC(=O)N3CCN(c4cccc(Cl)c4)[C@@H](C)C3)NC(=O)CC2=O)n1. The maximum atomic E-state index is 13.1. The normalized spacial score (nSPS) is 23.4. The molecule has 2 aliphatic heterocycles. The van der Waals surface area contributed by atoms with Crippen molar-refractivity contribution in [1.82, 2.24) is 15.2 Å². The molecule has 0 aliphatic carbocycles. The molecule has 1 unspecified atom stereocenters. The number of amides is 2. The number of aryl methyl sites for hydroxylation is 1. The van der Waals surface area contributed by atoms with Crippen LogP contribution < -0.4 is 10.2 Å². The molecule has 2 aliphatic rings. The quantitative estimate of drug-likeness (QED) is 0.702. The maximum absolute atomic E-state index is 13.1. The lowest BCUT2D eigenvalue weighted by atomic mass is 9.86. The van der Waals surface area contributed by atoms with E-state index < -0.39 is 5.54 Å². The largest absolute Gasteiger partial charge is 0.365 e. The van der Waals surface area contributed by atoms with Crippen LogP contribution in [0.15, 0.2) is 42.5 Å². The standard InChI is InChI=1S/C24H27ClN4O3/c1-16-5-3-8-20(26-16)24(21(30)14-22(31)27-24)10-9-23(32)28-11-12-29(17(2)15-28)19-7-4-6-18(25)13-19/h3-8,13,17H,9-12,14-15H2,1-2H3,(H,27,31)/t17-,24?/m0/s1. The summed E-state index contributed by atoms with van der Waals surface area (Å²) in [6, 6.07) is 13.2. The third-order valence-electron chi connectivity index (χ3n) is 6.31. The summed E-state index contributed by atoms with van der Waals surface area (Å²) in [7, 11) is 0. The molecular weight excluding hydrogens is 428 g/mol. The third kappa shape index (κ3) is 4.35. The molecule has 2 saturated heterocycles. The number of benzene rings is 1. The van der Waals surface area contributed by atoms with E-state index in [0.29, 0.717) is 30.4 Å². The molecule has 168 valence electrons. The number of carbonyl (C=O) groups excluding carboxylic acids is 3. The average Bonchev–Trinajstić information content (AvgIpc) is 3.06. The first-order chi connectivity index (χ1) is 15.3. The summed E-state index contributed by atoms with van der Waals surface area (Å²) in [6.45, 7) is 5.80. The van der Waals surface area contributed by atoms with E-state index in [2.05, 4.69) is 22.1 Å². The summed E-state index contributed by atoms with van der Waals surface area (Å²) in [6.07, 6.45) is 0.181. The predicted molar refractivity (Wildman–Crippen MR) is 122 cm³/mol. The zero-order valence-corrected chi connectivity index (χ0v) is 19.1. The van der Waals surface area contributed by atoms with Gasteiger partial charge in [-0.1, -0.05) is 23.7 Å². The molecule has 2 atom stereocenters. The van der Waals surface area contributed by atoms with Gasteiger partial charge < -0.3 is 15.1 Å². The minimum atomic E-state index is -1.23. The summed E-state index contributed by atoms with van der Waals surface area (Å²) in [4.78, 5) is 46.5. The number of aromatic nitrogens is 1. The Morgan fingerprint density at radius 2 is 2.00 bits per heavy atom. The number of halogens is 1. The highest BCUT2D eigenvalue weighted by Gasteiger charge is 2.48. The van der Waals surface area contributed by atoms with Crippen LogP contribution in [0, 0.1) is 6.92 Å². The molecule has 1 aromatic carbocycles. The molecule has 0 spiro atoms. The number of ketones is 1. The van der Waals surface area contributed by atoms with Gasteiger partial charge in [0.2, 0.25) is 11.8 Å². The van der Waals surface area contributed by atoms with E-state index in [1.54, 1.807) is 6.07 Å². The Morgan fingerprint density at radius 1 is 1.22 bits per heavy atom. The van der Waals surface area contributed by atoms with Crippen LogP contribution in [0.3, 0.4) is 0 Å². The van der Waals surface area contributed by atoms with Gasteiger partial charge in [0.25, 0.3) is 0 Å². The van der Waals surface area contributed by atoms with E-state index in [9.17, 15) is 14.4 Å². The van der Waals surface area contributed by atoms with Crippen LogP contribution in [0.5, 0.6) is 0 Å². The lowest BCUT2D eigenvalue weighted by molar-refractivity contribution is -0.133. The van der Waals surface area contributed by atoms with Gasteiger partial charge in [-0.3, -0.25) is 19.4 Å². The second-order valence-corrected chi connectivity index (χ2v) is 9.02.